The monoisotopic (exact) mass is 417 g/mol. The van der Waals surface area contributed by atoms with Crippen molar-refractivity contribution in [3.8, 4) is 0 Å². The van der Waals surface area contributed by atoms with E-state index in [1.807, 2.05) is 4.90 Å². The molecule has 1 aromatic carbocycles. The Morgan fingerprint density at radius 1 is 1.10 bits per heavy atom. The minimum Gasteiger partial charge on any atom is -0.364 e. The summed E-state index contributed by atoms with van der Waals surface area (Å²) < 4.78 is 27.2. The van der Waals surface area contributed by atoms with E-state index in [4.69, 9.17) is 10.6 Å². The number of hydrogen-bond donors (Lipinski definition) is 1. The second kappa shape index (κ2) is 8.31. The minimum absolute atomic E-state index is 0.133. The van der Waals surface area contributed by atoms with Crippen LogP contribution in [0.15, 0.2) is 30.5 Å². The molecule has 0 spiro atoms. The van der Waals surface area contributed by atoms with Gasteiger partial charge in [-0.25, -0.2) is 23.8 Å². The second-order valence-corrected chi connectivity index (χ2v) is 7.37. The Balaban J connectivity index is 1.42. The highest BCUT2D eigenvalue weighted by Crippen LogP contribution is 2.34. The van der Waals surface area contributed by atoms with E-state index in [-0.39, 0.29) is 17.5 Å². The summed E-state index contributed by atoms with van der Waals surface area (Å²) in [6.07, 6.45) is 3.02. The van der Waals surface area contributed by atoms with Crippen LogP contribution in [0, 0.1) is 17.6 Å². The standard InChI is InChI=1S/C20H21F2N5O3/c21-14-9-13(10-15(22)11-14)17-4-8-30-27(17)19(29)12-2-6-26(7-3-12)20-24-5-1-16(25-20)18(23)28/h1,5,9-12,17H,2-4,6-8H2,(H2,23,28)/t17-/m0/s1. The highest BCUT2D eigenvalue weighted by atomic mass is 19.1. The molecule has 4 rings (SSSR count). The maximum atomic E-state index is 13.6. The molecule has 1 aromatic heterocycles. The van der Waals surface area contributed by atoms with Gasteiger partial charge in [0.25, 0.3) is 5.91 Å². The first-order valence-corrected chi connectivity index (χ1v) is 9.72. The number of primary amides is 1. The number of benzene rings is 1. The van der Waals surface area contributed by atoms with E-state index in [1.54, 1.807) is 0 Å². The summed E-state index contributed by atoms with van der Waals surface area (Å²) in [5.41, 5.74) is 5.78. The number of nitrogens with zero attached hydrogens (tertiary/aromatic N) is 4. The van der Waals surface area contributed by atoms with Crippen molar-refractivity contribution in [3.63, 3.8) is 0 Å². The fourth-order valence-electron chi connectivity index (χ4n) is 3.90. The molecule has 2 fully saturated rings. The van der Waals surface area contributed by atoms with Crippen molar-refractivity contribution < 1.29 is 23.2 Å². The van der Waals surface area contributed by atoms with E-state index in [9.17, 15) is 18.4 Å². The molecule has 2 aromatic rings. The molecule has 2 aliphatic heterocycles. The van der Waals surface area contributed by atoms with Gasteiger partial charge in [-0.1, -0.05) is 0 Å². The molecular formula is C20H21F2N5O3. The number of anilines is 1. The molecule has 2 aliphatic rings. The fourth-order valence-corrected chi connectivity index (χ4v) is 3.90. The Morgan fingerprint density at radius 2 is 1.80 bits per heavy atom. The van der Waals surface area contributed by atoms with Crippen molar-refractivity contribution in [2.75, 3.05) is 24.6 Å². The summed E-state index contributed by atoms with van der Waals surface area (Å²) in [5, 5.41) is 1.26. The molecule has 0 bridgehead atoms. The largest absolute Gasteiger partial charge is 0.364 e. The van der Waals surface area contributed by atoms with E-state index in [0.717, 1.165) is 6.07 Å². The molecule has 1 atom stereocenters. The van der Waals surface area contributed by atoms with Crippen LogP contribution >= 0.6 is 0 Å². The Kier molecular flexibility index (Phi) is 5.58. The molecule has 2 N–H and O–H groups in total. The van der Waals surface area contributed by atoms with Gasteiger partial charge in [-0.15, -0.1) is 0 Å². The molecule has 30 heavy (non-hydrogen) atoms. The van der Waals surface area contributed by atoms with Gasteiger partial charge in [0.05, 0.1) is 12.6 Å². The van der Waals surface area contributed by atoms with Gasteiger partial charge in [0.15, 0.2) is 0 Å². The van der Waals surface area contributed by atoms with Gasteiger partial charge in [-0.05, 0) is 36.6 Å². The van der Waals surface area contributed by atoms with Crippen LogP contribution in [0.1, 0.15) is 41.4 Å². The first-order chi connectivity index (χ1) is 14.4. The first kappa shape index (κ1) is 20.1. The summed E-state index contributed by atoms with van der Waals surface area (Å²) in [4.78, 5) is 40.1. The third kappa shape index (κ3) is 4.09. The van der Waals surface area contributed by atoms with Gasteiger partial charge in [-0.2, -0.15) is 0 Å². The smallest absolute Gasteiger partial charge is 0.267 e. The Morgan fingerprint density at radius 3 is 2.47 bits per heavy atom. The van der Waals surface area contributed by atoms with Crippen LogP contribution in [0.4, 0.5) is 14.7 Å². The number of piperidine rings is 1. The number of hydroxylamine groups is 2. The molecule has 0 radical (unpaired) electrons. The van der Waals surface area contributed by atoms with E-state index in [2.05, 4.69) is 9.97 Å². The van der Waals surface area contributed by atoms with Crippen molar-refractivity contribution in [1.29, 1.82) is 0 Å². The van der Waals surface area contributed by atoms with Crippen molar-refractivity contribution in [3.05, 3.63) is 53.4 Å². The average molecular weight is 417 g/mol. The SMILES string of the molecule is NC(=O)c1ccnc(N2CCC(C(=O)N3OCC[C@H]3c3cc(F)cc(F)c3)CC2)n1. The van der Waals surface area contributed by atoms with Crippen molar-refractivity contribution in [2.45, 2.75) is 25.3 Å². The number of carbonyl (C=O) groups excluding carboxylic acids is 2. The highest BCUT2D eigenvalue weighted by Gasteiger charge is 2.37. The lowest BCUT2D eigenvalue weighted by Gasteiger charge is -2.34. The zero-order chi connectivity index (χ0) is 21.3. The molecule has 158 valence electrons. The van der Waals surface area contributed by atoms with Crippen LogP contribution in [0.3, 0.4) is 0 Å². The van der Waals surface area contributed by atoms with Crippen molar-refractivity contribution in [1.82, 2.24) is 15.0 Å². The summed E-state index contributed by atoms with van der Waals surface area (Å²) in [6.45, 7) is 1.35. The maximum Gasteiger partial charge on any atom is 0.267 e. The Labute approximate surface area is 171 Å². The summed E-state index contributed by atoms with van der Waals surface area (Å²) >= 11 is 0. The molecule has 3 heterocycles. The van der Waals surface area contributed by atoms with Gasteiger partial charge >= 0.3 is 0 Å². The Bertz CT molecular complexity index is 945. The van der Waals surface area contributed by atoms with Crippen LogP contribution in [-0.4, -0.2) is 46.5 Å². The summed E-state index contributed by atoms with van der Waals surface area (Å²) in [6, 6.07) is 4.19. The van der Waals surface area contributed by atoms with Crippen LogP contribution in [0.25, 0.3) is 0 Å². The Hall–Kier alpha value is -3.14. The zero-order valence-corrected chi connectivity index (χ0v) is 16.1. The topological polar surface area (TPSA) is 102 Å². The maximum absolute atomic E-state index is 13.6. The molecule has 2 amide bonds. The third-order valence-electron chi connectivity index (χ3n) is 5.41. The second-order valence-electron chi connectivity index (χ2n) is 7.37. The van der Waals surface area contributed by atoms with E-state index >= 15 is 0 Å². The number of nitrogens with two attached hydrogens (primary N) is 1. The van der Waals surface area contributed by atoms with Crippen LogP contribution in [0.2, 0.25) is 0 Å². The molecule has 8 nitrogen and oxygen atoms in total. The predicted octanol–water partition coefficient (Wildman–Crippen LogP) is 1.98. The van der Waals surface area contributed by atoms with Crippen molar-refractivity contribution >= 4 is 17.8 Å². The third-order valence-corrected chi connectivity index (χ3v) is 5.41. The highest BCUT2D eigenvalue weighted by molar-refractivity contribution is 5.90. The van der Waals surface area contributed by atoms with Gasteiger partial charge < -0.3 is 10.6 Å². The normalized spacial score (nSPS) is 19.9. The average Bonchev–Trinajstić information content (AvgIpc) is 3.23. The quantitative estimate of drug-likeness (QED) is 0.816. The number of amides is 2. The van der Waals surface area contributed by atoms with Crippen LogP contribution < -0.4 is 10.6 Å². The van der Waals surface area contributed by atoms with Gasteiger partial charge in [0, 0.05) is 37.7 Å². The van der Waals surface area contributed by atoms with Gasteiger partial charge in [0.1, 0.15) is 17.3 Å². The molecule has 10 heteroatoms. The van der Waals surface area contributed by atoms with Gasteiger partial charge in [0.2, 0.25) is 11.9 Å². The molecule has 2 saturated heterocycles. The van der Waals surface area contributed by atoms with E-state index < -0.39 is 23.6 Å². The van der Waals surface area contributed by atoms with Gasteiger partial charge in [-0.3, -0.25) is 14.4 Å². The molecule has 0 unspecified atom stereocenters. The number of carbonyl (C=O) groups is 2. The number of aromatic nitrogens is 2. The van der Waals surface area contributed by atoms with Crippen molar-refractivity contribution in [2.24, 2.45) is 11.7 Å². The first-order valence-electron chi connectivity index (χ1n) is 9.72. The summed E-state index contributed by atoms with van der Waals surface area (Å²) in [5.74, 6) is -2.10. The minimum atomic E-state index is -0.684. The lowest BCUT2D eigenvalue weighted by molar-refractivity contribution is -0.182. The molecule has 0 aliphatic carbocycles. The lowest BCUT2D eigenvalue weighted by atomic mass is 9.94. The molecule has 0 saturated carbocycles. The number of rotatable bonds is 4. The van der Waals surface area contributed by atoms with Crippen LogP contribution in [-0.2, 0) is 9.63 Å². The van der Waals surface area contributed by atoms with Crippen LogP contribution in [0.5, 0.6) is 0 Å². The van der Waals surface area contributed by atoms with E-state index in [0.29, 0.717) is 50.5 Å². The molecular weight excluding hydrogens is 396 g/mol. The summed E-state index contributed by atoms with van der Waals surface area (Å²) in [7, 11) is 0. The number of hydrogen-bond acceptors (Lipinski definition) is 6. The fraction of sp³-hybridized carbons (Fsp3) is 0.400. The number of halogens is 2. The van der Waals surface area contributed by atoms with E-state index in [1.165, 1.54) is 29.5 Å². The predicted molar refractivity (Wildman–Crippen MR) is 102 cm³/mol. The zero-order valence-electron chi connectivity index (χ0n) is 16.1. The lowest BCUT2D eigenvalue weighted by Crippen LogP contribution is -2.42.